The molecule has 2 rings (SSSR count). The van der Waals surface area contributed by atoms with Gasteiger partial charge in [-0.05, 0) is 12.5 Å². The van der Waals surface area contributed by atoms with Crippen LogP contribution in [0, 0.1) is 5.92 Å². The topological polar surface area (TPSA) is 71.0 Å². The summed E-state index contributed by atoms with van der Waals surface area (Å²) in [5.41, 5.74) is 0. The van der Waals surface area contributed by atoms with Crippen molar-refractivity contribution in [2.45, 2.75) is 19.9 Å². The number of rotatable bonds is 6. The van der Waals surface area contributed by atoms with E-state index in [4.69, 9.17) is 0 Å². The third kappa shape index (κ3) is 3.30. The van der Waals surface area contributed by atoms with Crippen molar-refractivity contribution in [2.75, 3.05) is 31.5 Å². The third-order valence-electron chi connectivity index (χ3n) is 2.88. The van der Waals surface area contributed by atoms with Crippen LogP contribution in [0.2, 0.25) is 0 Å². The van der Waals surface area contributed by atoms with E-state index in [0.717, 1.165) is 25.5 Å². The first-order valence-corrected chi connectivity index (χ1v) is 6.41. The molecule has 1 aliphatic rings. The first-order valence-electron chi connectivity index (χ1n) is 6.41. The summed E-state index contributed by atoms with van der Waals surface area (Å²) in [5, 5.41) is 13.4. The molecule has 0 unspecified atom stereocenters. The van der Waals surface area contributed by atoms with Gasteiger partial charge in [0.05, 0.1) is 18.8 Å². The van der Waals surface area contributed by atoms with Crippen LogP contribution in [0.1, 0.15) is 19.9 Å². The van der Waals surface area contributed by atoms with Crippen molar-refractivity contribution in [2.24, 2.45) is 5.92 Å². The fourth-order valence-corrected chi connectivity index (χ4v) is 1.81. The molecule has 0 radical (unpaired) electrons. The van der Waals surface area contributed by atoms with Crippen LogP contribution in [0.5, 0.6) is 0 Å². The Kier molecular flexibility index (Phi) is 4.33. The Morgan fingerprint density at radius 1 is 1.61 bits per heavy atom. The van der Waals surface area contributed by atoms with E-state index in [2.05, 4.69) is 34.9 Å². The van der Waals surface area contributed by atoms with E-state index in [-0.39, 0.29) is 5.91 Å². The van der Waals surface area contributed by atoms with Crippen molar-refractivity contribution in [3.8, 4) is 0 Å². The number of hydrogen-bond donors (Lipinski definition) is 3. The molecule has 6 heteroatoms. The average Bonchev–Trinajstić information content (AvgIpc) is 2.63. The zero-order valence-corrected chi connectivity index (χ0v) is 10.9. The number of anilines is 1. The van der Waals surface area contributed by atoms with Gasteiger partial charge in [0.1, 0.15) is 5.82 Å². The van der Waals surface area contributed by atoms with Gasteiger partial charge in [-0.25, -0.2) is 4.68 Å². The Bertz CT molecular complexity index is 397. The molecular weight excluding hydrogens is 230 g/mol. The Morgan fingerprint density at radius 3 is 3.00 bits per heavy atom. The predicted octanol–water partition coefficient (Wildman–Crippen LogP) is 0.211. The quantitative estimate of drug-likeness (QED) is 0.676. The van der Waals surface area contributed by atoms with Gasteiger partial charge in [0, 0.05) is 19.2 Å². The van der Waals surface area contributed by atoms with Crippen molar-refractivity contribution in [1.29, 1.82) is 0 Å². The summed E-state index contributed by atoms with van der Waals surface area (Å²) >= 11 is 0. The molecule has 1 fully saturated rings. The fourth-order valence-electron chi connectivity index (χ4n) is 1.81. The van der Waals surface area contributed by atoms with Crippen molar-refractivity contribution in [3.05, 3.63) is 12.3 Å². The summed E-state index contributed by atoms with van der Waals surface area (Å²) in [6, 6.07) is 2.19. The molecule has 18 heavy (non-hydrogen) atoms. The molecule has 1 aliphatic heterocycles. The SMILES string of the molecule is CC(C)CNCC(=O)Nc1ccnn1C1CNC1. The highest BCUT2D eigenvalue weighted by molar-refractivity contribution is 5.91. The first-order chi connectivity index (χ1) is 8.66. The largest absolute Gasteiger partial charge is 0.312 e. The minimum absolute atomic E-state index is 0.0234. The van der Waals surface area contributed by atoms with E-state index in [1.54, 1.807) is 6.20 Å². The lowest BCUT2D eigenvalue weighted by atomic mass is 10.2. The maximum atomic E-state index is 11.7. The summed E-state index contributed by atoms with van der Waals surface area (Å²) in [7, 11) is 0. The number of amides is 1. The van der Waals surface area contributed by atoms with Gasteiger partial charge < -0.3 is 16.0 Å². The normalized spacial score (nSPS) is 15.7. The van der Waals surface area contributed by atoms with Crippen molar-refractivity contribution in [1.82, 2.24) is 20.4 Å². The van der Waals surface area contributed by atoms with Crippen LogP contribution in [0.25, 0.3) is 0 Å². The molecule has 1 saturated heterocycles. The highest BCUT2D eigenvalue weighted by Crippen LogP contribution is 2.17. The van der Waals surface area contributed by atoms with Gasteiger partial charge in [-0.3, -0.25) is 4.79 Å². The average molecular weight is 251 g/mol. The van der Waals surface area contributed by atoms with Crippen LogP contribution in [0.3, 0.4) is 0 Å². The molecular formula is C12H21N5O. The molecule has 2 heterocycles. The highest BCUT2D eigenvalue weighted by Gasteiger charge is 2.22. The lowest BCUT2D eigenvalue weighted by Gasteiger charge is -2.28. The van der Waals surface area contributed by atoms with Crippen LogP contribution in [0.15, 0.2) is 12.3 Å². The maximum absolute atomic E-state index is 11.7. The molecule has 0 atom stereocenters. The van der Waals surface area contributed by atoms with E-state index in [1.165, 1.54) is 0 Å². The van der Waals surface area contributed by atoms with E-state index in [9.17, 15) is 4.79 Å². The van der Waals surface area contributed by atoms with Crippen molar-refractivity contribution < 1.29 is 4.79 Å². The zero-order valence-electron chi connectivity index (χ0n) is 10.9. The predicted molar refractivity (Wildman–Crippen MR) is 70.5 cm³/mol. The molecule has 100 valence electrons. The van der Waals surface area contributed by atoms with Crippen LogP contribution in [-0.2, 0) is 4.79 Å². The molecule has 0 saturated carbocycles. The van der Waals surface area contributed by atoms with Gasteiger partial charge in [0.15, 0.2) is 0 Å². The smallest absolute Gasteiger partial charge is 0.239 e. The monoisotopic (exact) mass is 251 g/mol. The summed E-state index contributed by atoms with van der Waals surface area (Å²) in [5.74, 6) is 1.30. The summed E-state index contributed by atoms with van der Waals surface area (Å²) in [4.78, 5) is 11.7. The summed E-state index contributed by atoms with van der Waals surface area (Å²) in [6.45, 7) is 7.24. The van der Waals surface area contributed by atoms with Crippen LogP contribution < -0.4 is 16.0 Å². The molecule has 0 aromatic carbocycles. The van der Waals surface area contributed by atoms with Gasteiger partial charge >= 0.3 is 0 Å². The van der Waals surface area contributed by atoms with Crippen LogP contribution in [-0.4, -0.2) is 41.9 Å². The zero-order chi connectivity index (χ0) is 13.0. The van der Waals surface area contributed by atoms with E-state index >= 15 is 0 Å². The maximum Gasteiger partial charge on any atom is 0.239 e. The second-order valence-corrected chi connectivity index (χ2v) is 5.05. The van der Waals surface area contributed by atoms with Crippen molar-refractivity contribution >= 4 is 11.7 Å². The van der Waals surface area contributed by atoms with E-state index in [0.29, 0.717) is 18.5 Å². The van der Waals surface area contributed by atoms with E-state index < -0.39 is 0 Å². The Labute approximate surface area is 107 Å². The third-order valence-corrected chi connectivity index (χ3v) is 2.88. The Morgan fingerprint density at radius 2 is 2.39 bits per heavy atom. The number of hydrogen-bond acceptors (Lipinski definition) is 4. The number of nitrogens with one attached hydrogen (secondary N) is 3. The van der Waals surface area contributed by atoms with Gasteiger partial charge in [-0.15, -0.1) is 0 Å². The van der Waals surface area contributed by atoms with Crippen LogP contribution >= 0.6 is 0 Å². The van der Waals surface area contributed by atoms with Gasteiger partial charge in [0.2, 0.25) is 5.91 Å². The Hall–Kier alpha value is -1.40. The molecule has 0 aliphatic carbocycles. The fraction of sp³-hybridized carbons (Fsp3) is 0.667. The molecule has 3 N–H and O–H groups in total. The lowest BCUT2D eigenvalue weighted by molar-refractivity contribution is -0.115. The molecule has 6 nitrogen and oxygen atoms in total. The second-order valence-electron chi connectivity index (χ2n) is 5.05. The summed E-state index contributed by atoms with van der Waals surface area (Å²) < 4.78 is 1.87. The molecule has 0 bridgehead atoms. The van der Waals surface area contributed by atoms with Gasteiger partial charge in [0.25, 0.3) is 0 Å². The lowest BCUT2D eigenvalue weighted by Crippen LogP contribution is -2.44. The number of nitrogens with zero attached hydrogens (tertiary/aromatic N) is 2. The number of aromatic nitrogens is 2. The number of carbonyl (C=O) groups is 1. The van der Waals surface area contributed by atoms with Gasteiger partial charge in [-0.2, -0.15) is 5.10 Å². The van der Waals surface area contributed by atoms with Crippen LogP contribution in [0.4, 0.5) is 5.82 Å². The summed E-state index contributed by atoms with van der Waals surface area (Å²) in [6.07, 6.45) is 1.72. The minimum Gasteiger partial charge on any atom is -0.312 e. The number of carbonyl (C=O) groups excluding carboxylic acids is 1. The minimum atomic E-state index is -0.0234. The molecule has 1 aromatic heterocycles. The van der Waals surface area contributed by atoms with Crippen molar-refractivity contribution in [3.63, 3.8) is 0 Å². The standard InChI is InChI=1S/C12H21N5O/c1-9(2)5-13-8-12(18)16-11-3-4-15-17(11)10-6-14-7-10/h3-4,9-10,13-14H,5-8H2,1-2H3,(H,16,18). The Balaban J connectivity index is 1.81. The highest BCUT2D eigenvalue weighted by atomic mass is 16.2. The molecule has 1 amide bonds. The van der Waals surface area contributed by atoms with E-state index in [1.807, 2.05) is 10.7 Å². The molecule has 0 spiro atoms. The van der Waals surface area contributed by atoms with Gasteiger partial charge in [-0.1, -0.05) is 13.8 Å². The molecule has 1 aromatic rings. The first kappa shape index (κ1) is 13.0. The second kappa shape index (κ2) is 5.97.